The van der Waals surface area contributed by atoms with E-state index in [2.05, 4.69) is 36.5 Å². The molecule has 92 valence electrons. The summed E-state index contributed by atoms with van der Waals surface area (Å²) in [5, 5.41) is 0. The van der Waals surface area contributed by atoms with E-state index in [0.717, 1.165) is 13.1 Å². The number of hydrogen-bond acceptors (Lipinski definition) is 1. The van der Waals surface area contributed by atoms with Crippen LogP contribution < -0.4 is 0 Å². The second-order valence-electron chi connectivity index (χ2n) is 3.87. The maximum absolute atomic E-state index is 5.48. The zero-order valence-corrected chi connectivity index (χ0v) is 12.9. The van der Waals surface area contributed by atoms with Crippen LogP contribution >= 0.6 is 11.8 Å². The van der Waals surface area contributed by atoms with Crippen LogP contribution in [0.3, 0.4) is 0 Å². The van der Waals surface area contributed by atoms with Gasteiger partial charge in [-0.1, -0.05) is 13.8 Å². The molecule has 0 bridgehead atoms. The van der Waals surface area contributed by atoms with E-state index >= 15 is 0 Å². The third-order valence-corrected chi connectivity index (χ3v) is 5.19. The van der Waals surface area contributed by atoms with Crippen molar-refractivity contribution in [3.8, 4) is 0 Å². The summed E-state index contributed by atoms with van der Waals surface area (Å²) in [6, 6.07) is 0. The molecule has 0 aromatic carbocycles. The van der Waals surface area contributed by atoms with Crippen molar-refractivity contribution in [2.45, 2.75) is 26.7 Å². The maximum atomic E-state index is 5.48. The van der Waals surface area contributed by atoms with Crippen molar-refractivity contribution in [3.05, 3.63) is 44.2 Å². The fourth-order valence-corrected chi connectivity index (χ4v) is 3.40. The standard InChI is InChI=1S/2C5H5.C4H10ClN.Ti/c2*1-2-4-5-3-1;1-3-6(5)4-2;/h2*1-3H,4H2;3-4H2,1-2H3;. The van der Waals surface area contributed by atoms with Crippen molar-refractivity contribution in [2.24, 2.45) is 0 Å². The molecular weight excluding hydrogens is 265 g/mol. The topological polar surface area (TPSA) is 3.24 Å². The van der Waals surface area contributed by atoms with Gasteiger partial charge in [0, 0.05) is 13.1 Å². The van der Waals surface area contributed by atoms with Crippen LogP contribution in [0.2, 0.25) is 0 Å². The van der Waals surface area contributed by atoms with Crippen molar-refractivity contribution >= 4 is 11.8 Å². The molecule has 0 amide bonds. The molecule has 0 heterocycles. The van der Waals surface area contributed by atoms with Gasteiger partial charge in [-0.3, -0.25) is 0 Å². The van der Waals surface area contributed by atoms with Crippen molar-refractivity contribution in [3.63, 3.8) is 0 Å². The van der Waals surface area contributed by atoms with Crippen LogP contribution in [0.15, 0.2) is 44.2 Å². The SMILES string of the molecule is C1=CC[C]([Ti][C]2=CC=CC2)=C1.CCN(Cl)CC. The average molecular weight is 286 g/mol. The second-order valence-corrected chi connectivity index (χ2v) is 6.74. The fraction of sp³-hybridized carbons (Fsp3) is 0.429. The molecular formula is C14H20ClNTi. The summed E-state index contributed by atoms with van der Waals surface area (Å²) in [4.78, 5) is 0. The monoisotopic (exact) mass is 285 g/mol. The van der Waals surface area contributed by atoms with Crippen molar-refractivity contribution in [1.29, 1.82) is 0 Å². The van der Waals surface area contributed by atoms with Gasteiger partial charge in [0.2, 0.25) is 0 Å². The molecule has 0 atom stereocenters. The molecule has 0 fully saturated rings. The minimum atomic E-state index is 0.0833. The summed E-state index contributed by atoms with van der Waals surface area (Å²) in [6.07, 6.45) is 15.9. The molecule has 0 spiro atoms. The largest absolute Gasteiger partial charge is 0.221 e. The van der Waals surface area contributed by atoms with Gasteiger partial charge in [0.1, 0.15) is 0 Å². The zero-order valence-electron chi connectivity index (χ0n) is 10.6. The predicted molar refractivity (Wildman–Crippen MR) is 72.5 cm³/mol. The van der Waals surface area contributed by atoms with Crippen molar-refractivity contribution in [2.75, 3.05) is 13.1 Å². The predicted octanol–water partition coefficient (Wildman–Crippen LogP) is 4.24. The Hall–Kier alpha value is -0.0757. The minimum Gasteiger partial charge on any atom is -0.221 e. The van der Waals surface area contributed by atoms with E-state index in [1.165, 1.54) is 12.8 Å². The summed E-state index contributed by atoms with van der Waals surface area (Å²) in [5.74, 6) is 0. The summed E-state index contributed by atoms with van der Waals surface area (Å²) < 4.78 is 5.08. The number of nitrogens with zero attached hydrogens (tertiary/aromatic N) is 1. The van der Waals surface area contributed by atoms with E-state index in [1.54, 1.807) is 12.2 Å². The Balaban J connectivity index is 0.000000209. The quantitative estimate of drug-likeness (QED) is 0.552. The molecule has 0 unspecified atom stereocenters. The Labute approximate surface area is 119 Å². The van der Waals surface area contributed by atoms with E-state index in [9.17, 15) is 0 Å². The maximum Gasteiger partial charge on any atom is 0.0110 e. The Morgan fingerprint density at radius 2 is 1.53 bits per heavy atom. The molecule has 0 aromatic rings. The van der Waals surface area contributed by atoms with Crippen LogP contribution in [0.1, 0.15) is 26.7 Å². The summed E-state index contributed by atoms with van der Waals surface area (Å²) >= 11 is 5.57. The molecule has 0 radical (unpaired) electrons. The molecule has 0 aliphatic heterocycles. The number of allylic oxidation sites excluding steroid dienone is 8. The molecule has 0 N–H and O–H groups in total. The van der Waals surface area contributed by atoms with Gasteiger partial charge in [-0.25, -0.2) is 4.42 Å². The smallest absolute Gasteiger partial charge is 0.0110 e. The first kappa shape index (κ1) is 15.0. The van der Waals surface area contributed by atoms with Gasteiger partial charge in [-0.05, 0) is 11.8 Å². The first-order valence-corrected chi connectivity index (χ1v) is 8.05. The van der Waals surface area contributed by atoms with Gasteiger partial charge < -0.3 is 0 Å². The van der Waals surface area contributed by atoms with Crippen LogP contribution in [0, 0.1) is 0 Å². The van der Waals surface area contributed by atoms with E-state index in [4.69, 9.17) is 11.8 Å². The van der Waals surface area contributed by atoms with Gasteiger partial charge in [0.15, 0.2) is 0 Å². The average Bonchev–Trinajstić information content (AvgIpc) is 3.03. The Morgan fingerprint density at radius 3 is 1.76 bits per heavy atom. The summed E-state index contributed by atoms with van der Waals surface area (Å²) in [5.41, 5.74) is 0. The third kappa shape index (κ3) is 6.42. The minimum absolute atomic E-state index is 0.0833. The number of rotatable bonds is 4. The fourth-order valence-electron chi connectivity index (χ4n) is 1.51. The molecule has 17 heavy (non-hydrogen) atoms. The van der Waals surface area contributed by atoms with Crippen LogP contribution in [0.5, 0.6) is 0 Å². The molecule has 3 heteroatoms. The Bertz CT molecular complexity index is 310. The normalized spacial score (nSPS) is 16.7. The Kier molecular flexibility index (Phi) is 7.87. The molecule has 2 rings (SSSR count). The van der Waals surface area contributed by atoms with Gasteiger partial charge in [0.25, 0.3) is 0 Å². The van der Waals surface area contributed by atoms with Crippen molar-refractivity contribution in [1.82, 2.24) is 4.42 Å². The number of hydrogen-bond donors (Lipinski definition) is 0. The van der Waals surface area contributed by atoms with E-state index in [0.29, 0.717) is 0 Å². The molecule has 0 aromatic heterocycles. The van der Waals surface area contributed by atoms with Gasteiger partial charge >= 0.3 is 76.2 Å². The summed E-state index contributed by atoms with van der Waals surface area (Å²) in [7, 11) is 0. The molecule has 0 saturated carbocycles. The van der Waals surface area contributed by atoms with Gasteiger partial charge in [0.05, 0.1) is 0 Å². The van der Waals surface area contributed by atoms with Crippen LogP contribution in [-0.2, 0) is 19.2 Å². The number of halogens is 1. The first-order valence-electron chi connectivity index (χ1n) is 6.15. The van der Waals surface area contributed by atoms with Gasteiger partial charge in [-0.15, -0.1) is 0 Å². The van der Waals surface area contributed by atoms with E-state index in [-0.39, 0.29) is 19.2 Å². The molecule has 2 aliphatic carbocycles. The van der Waals surface area contributed by atoms with Crippen LogP contribution in [-0.4, -0.2) is 17.5 Å². The van der Waals surface area contributed by atoms with E-state index < -0.39 is 0 Å². The zero-order chi connectivity index (χ0) is 12.5. The van der Waals surface area contributed by atoms with Crippen LogP contribution in [0.4, 0.5) is 0 Å². The van der Waals surface area contributed by atoms with Crippen LogP contribution in [0.25, 0.3) is 0 Å². The van der Waals surface area contributed by atoms with Gasteiger partial charge in [-0.2, -0.15) is 0 Å². The second kappa shape index (κ2) is 8.93. The first-order chi connectivity index (χ1) is 8.26. The molecule has 2 aliphatic rings. The molecule has 0 saturated heterocycles. The van der Waals surface area contributed by atoms with Crippen molar-refractivity contribution < 1.29 is 19.2 Å². The van der Waals surface area contributed by atoms with E-state index in [1.807, 2.05) is 13.8 Å². The summed E-state index contributed by atoms with van der Waals surface area (Å²) in [6.45, 7) is 5.91. The third-order valence-electron chi connectivity index (χ3n) is 2.55. The molecule has 1 nitrogen and oxygen atoms in total. The Morgan fingerprint density at radius 1 is 1.06 bits per heavy atom.